The Bertz CT molecular complexity index is 626. The Kier molecular flexibility index (Phi) is 8.99. The Balaban J connectivity index is 1.81. The molecule has 194 valence electrons. The highest BCUT2D eigenvalue weighted by Crippen LogP contribution is 2.32. The van der Waals surface area contributed by atoms with Crippen LogP contribution in [0.5, 0.6) is 0 Å². The predicted molar refractivity (Wildman–Crippen MR) is 99.8 cm³/mol. The third-order valence-corrected chi connectivity index (χ3v) is 6.06. The fraction of sp³-hybridized carbons (Fsp3) is 1.00. The van der Waals surface area contributed by atoms with E-state index in [1.165, 1.54) is 6.92 Å². The zero-order chi connectivity index (χ0) is 24.6. The van der Waals surface area contributed by atoms with E-state index in [0.29, 0.717) is 0 Å². The zero-order valence-electron chi connectivity index (χ0n) is 17.6. The van der Waals surface area contributed by atoms with Crippen molar-refractivity contribution in [1.82, 2.24) is 0 Å². The highest BCUT2D eigenvalue weighted by Gasteiger charge is 2.53. The Morgan fingerprint density at radius 3 is 1.64 bits per heavy atom. The van der Waals surface area contributed by atoms with Crippen molar-refractivity contribution in [3.8, 4) is 0 Å². The van der Waals surface area contributed by atoms with Gasteiger partial charge in [0.2, 0.25) is 0 Å². The first kappa shape index (κ1) is 27.0. The average molecular weight is 488 g/mol. The van der Waals surface area contributed by atoms with Crippen molar-refractivity contribution in [3.05, 3.63) is 0 Å². The van der Waals surface area contributed by atoms with Crippen LogP contribution in [-0.2, 0) is 23.7 Å². The Labute approximate surface area is 187 Å². The van der Waals surface area contributed by atoms with Gasteiger partial charge in [-0.1, -0.05) is 0 Å². The lowest BCUT2D eigenvalue weighted by Gasteiger charge is -2.47. The summed E-state index contributed by atoms with van der Waals surface area (Å²) in [7, 11) is 0. The molecule has 3 aliphatic heterocycles. The highest BCUT2D eigenvalue weighted by molar-refractivity contribution is 4.95. The van der Waals surface area contributed by atoms with Gasteiger partial charge >= 0.3 is 0 Å². The van der Waals surface area contributed by atoms with Crippen LogP contribution >= 0.6 is 0 Å². The first-order valence-electron chi connectivity index (χ1n) is 10.4. The van der Waals surface area contributed by atoms with Gasteiger partial charge in [0.05, 0.1) is 19.3 Å². The van der Waals surface area contributed by atoms with Crippen molar-refractivity contribution in [2.24, 2.45) is 0 Å². The van der Waals surface area contributed by atoms with Gasteiger partial charge in [-0.15, -0.1) is 0 Å². The largest absolute Gasteiger partial charge is 0.394 e. The van der Waals surface area contributed by atoms with Crippen molar-refractivity contribution in [1.29, 1.82) is 0 Å². The first-order chi connectivity index (χ1) is 15.5. The number of rotatable bonds is 6. The summed E-state index contributed by atoms with van der Waals surface area (Å²) in [6.07, 6.45) is -24.2. The van der Waals surface area contributed by atoms with Crippen molar-refractivity contribution in [2.45, 2.75) is 99.0 Å². The standard InChI is InChI=1S/C18H32O15/c1-4-7(21)10(24)13(27)17(29-4)33-15-12(26)9(23)6(3-20)31-18(15)32-14-11(25)8(22)5(2-19)30-16(14)28/h4-28H,2-3H2,1H3/t4-,5+,6+,7-,8+,9-,10+,11-,12-,13+,14+,15+,16?,17-,18-/m0/s1. The number of hydrogen-bond donors (Lipinski definition) is 10. The lowest BCUT2D eigenvalue weighted by atomic mass is 9.96. The summed E-state index contributed by atoms with van der Waals surface area (Å²) in [5.74, 6) is 0. The number of ether oxygens (including phenoxy) is 5. The first-order valence-corrected chi connectivity index (χ1v) is 10.4. The number of aliphatic hydroxyl groups is 10. The Hall–Kier alpha value is -0.600. The molecule has 0 amide bonds. The van der Waals surface area contributed by atoms with Crippen LogP contribution < -0.4 is 0 Å². The zero-order valence-corrected chi connectivity index (χ0v) is 17.6. The minimum atomic E-state index is -1.87. The van der Waals surface area contributed by atoms with Crippen LogP contribution in [0.25, 0.3) is 0 Å². The molecular weight excluding hydrogens is 456 g/mol. The molecule has 0 spiro atoms. The molecule has 15 nitrogen and oxygen atoms in total. The second-order valence-corrected chi connectivity index (χ2v) is 8.32. The number of hydrogen-bond acceptors (Lipinski definition) is 15. The molecular formula is C18H32O15. The summed E-state index contributed by atoms with van der Waals surface area (Å²) < 4.78 is 26.7. The fourth-order valence-corrected chi connectivity index (χ4v) is 3.96. The Morgan fingerprint density at radius 1 is 0.545 bits per heavy atom. The molecule has 3 saturated heterocycles. The molecule has 0 aromatic carbocycles. The maximum absolute atomic E-state index is 10.6. The lowest BCUT2D eigenvalue weighted by Crippen LogP contribution is -2.66. The molecule has 15 heteroatoms. The molecule has 0 aromatic rings. The molecule has 1 unspecified atom stereocenters. The second kappa shape index (κ2) is 11.0. The van der Waals surface area contributed by atoms with Crippen LogP contribution in [0.3, 0.4) is 0 Å². The van der Waals surface area contributed by atoms with E-state index in [2.05, 4.69) is 0 Å². The van der Waals surface area contributed by atoms with Gasteiger partial charge in [-0.25, -0.2) is 0 Å². The van der Waals surface area contributed by atoms with E-state index >= 15 is 0 Å². The molecule has 0 saturated carbocycles. The van der Waals surface area contributed by atoms with Gasteiger partial charge in [-0.3, -0.25) is 0 Å². The van der Waals surface area contributed by atoms with Crippen molar-refractivity contribution in [3.63, 3.8) is 0 Å². The van der Waals surface area contributed by atoms with Gasteiger partial charge < -0.3 is 74.7 Å². The predicted octanol–water partition coefficient (Wildman–Crippen LogP) is -6.55. The fourth-order valence-electron chi connectivity index (χ4n) is 3.96. The smallest absolute Gasteiger partial charge is 0.187 e. The van der Waals surface area contributed by atoms with Crippen LogP contribution in [-0.4, -0.2) is 156 Å². The van der Waals surface area contributed by atoms with E-state index in [1.807, 2.05) is 0 Å². The molecule has 3 aliphatic rings. The monoisotopic (exact) mass is 488 g/mol. The third kappa shape index (κ3) is 5.32. The summed E-state index contributed by atoms with van der Waals surface area (Å²) in [6.45, 7) is -0.0924. The van der Waals surface area contributed by atoms with E-state index in [9.17, 15) is 51.1 Å². The third-order valence-electron chi connectivity index (χ3n) is 6.06. The van der Waals surface area contributed by atoms with Gasteiger partial charge in [0, 0.05) is 0 Å². The van der Waals surface area contributed by atoms with Gasteiger partial charge in [-0.05, 0) is 6.92 Å². The van der Waals surface area contributed by atoms with E-state index in [-0.39, 0.29) is 0 Å². The van der Waals surface area contributed by atoms with Crippen LogP contribution in [0, 0.1) is 0 Å². The Morgan fingerprint density at radius 2 is 1.06 bits per heavy atom. The molecule has 3 fully saturated rings. The van der Waals surface area contributed by atoms with Crippen molar-refractivity contribution >= 4 is 0 Å². The molecule has 3 rings (SSSR count). The normalized spacial score (nSPS) is 53.7. The van der Waals surface area contributed by atoms with Gasteiger partial charge in [0.15, 0.2) is 18.9 Å². The van der Waals surface area contributed by atoms with Crippen LogP contribution in [0.15, 0.2) is 0 Å². The van der Waals surface area contributed by atoms with E-state index < -0.39 is 105 Å². The van der Waals surface area contributed by atoms with E-state index in [1.54, 1.807) is 0 Å². The molecule has 0 bridgehead atoms. The topological polar surface area (TPSA) is 248 Å². The minimum Gasteiger partial charge on any atom is -0.394 e. The van der Waals surface area contributed by atoms with Gasteiger partial charge in [-0.2, -0.15) is 0 Å². The number of aliphatic hydroxyl groups excluding tert-OH is 10. The molecule has 3 heterocycles. The summed E-state index contributed by atoms with van der Waals surface area (Å²) in [5, 5.41) is 100. The quantitative estimate of drug-likeness (QED) is 0.167. The highest BCUT2D eigenvalue weighted by atomic mass is 16.8. The van der Waals surface area contributed by atoms with Crippen molar-refractivity contribution in [2.75, 3.05) is 13.2 Å². The average Bonchev–Trinajstić information content (AvgIpc) is 2.79. The van der Waals surface area contributed by atoms with Crippen molar-refractivity contribution < 1.29 is 74.7 Å². The molecule has 33 heavy (non-hydrogen) atoms. The maximum Gasteiger partial charge on any atom is 0.187 e. The summed E-state index contributed by atoms with van der Waals surface area (Å²) in [6, 6.07) is 0. The van der Waals surface area contributed by atoms with Crippen LogP contribution in [0.1, 0.15) is 6.92 Å². The van der Waals surface area contributed by atoms with Crippen LogP contribution in [0.2, 0.25) is 0 Å². The summed E-state index contributed by atoms with van der Waals surface area (Å²) in [5.41, 5.74) is 0. The molecule has 15 atom stereocenters. The van der Waals surface area contributed by atoms with Crippen LogP contribution in [0.4, 0.5) is 0 Å². The van der Waals surface area contributed by atoms with Gasteiger partial charge in [0.25, 0.3) is 0 Å². The molecule has 0 aromatic heterocycles. The summed E-state index contributed by atoms with van der Waals surface area (Å²) in [4.78, 5) is 0. The second-order valence-electron chi connectivity index (χ2n) is 8.32. The van der Waals surface area contributed by atoms with E-state index in [0.717, 1.165) is 0 Å². The molecule has 0 radical (unpaired) electrons. The minimum absolute atomic E-state index is 0.714. The SMILES string of the molecule is C[C@@H]1O[C@@H](O[C@H]2[C@H](O[C@H]3C(O)O[C@H](CO)[C@@H](O)[C@@H]3O)O[C@H](CO)[C@H](O)[C@@H]2O)[C@H](O)[C@H](O)[C@H]1O. The van der Waals surface area contributed by atoms with E-state index in [4.69, 9.17) is 23.7 Å². The molecule has 0 aliphatic carbocycles. The lowest BCUT2D eigenvalue weighted by molar-refractivity contribution is -0.389. The molecule has 10 N–H and O–H groups in total. The summed E-state index contributed by atoms with van der Waals surface area (Å²) >= 11 is 0. The van der Waals surface area contributed by atoms with Gasteiger partial charge in [0.1, 0.15) is 67.1 Å². The maximum atomic E-state index is 10.6.